The van der Waals surface area contributed by atoms with Crippen LogP contribution in [0.4, 0.5) is 0 Å². The van der Waals surface area contributed by atoms with Crippen LogP contribution in [-0.4, -0.2) is 11.1 Å². The third kappa shape index (κ3) is 2.49. The summed E-state index contributed by atoms with van der Waals surface area (Å²) in [7, 11) is 0. The molecule has 2 aromatic carbocycles. The van der Waals surface area contributed by atoms with E-state index in [1.807, 2.05) is 30.3 Å². The van der Waals surface area contributed by atoms with E-state index in [2.05, 4.69) is 6.07 Å². The predicted molar refractivity (Wildman–Crippen MR) is 78.5 cm³/mol. The van der Waals surface area contributed by atoms with E-state index in [1.165, 1.54) is 17.8 Å². The molecule has 1 aromatic heterocycles. The Balaban J connectivity index is 2.05. The van der Waals surface area contributed by atoms with E-state index in [9.17, 15) is 4.79 Å². The molecule has 102 valence electrons. The molecule has 0 radical (unpaired) electrons. The Morgan fingerprint density at radius 3 is 2.52 bits per heavy atom. The summed E-state index contributed by atoms with van der Waals surface area (Å²) in [5.41, 5.74) is 0.612. The third-order valence-electron chi connectivity index (χ3n) is 3.01. The summed E-state index contributed by atoms with van der Waals surface area (Å²) < 4.78 is 5.25. The van der Waals surface area contributed by atoms with Crippen molar-refractivity contribution in [3.63, 3.8) is 0 Å². The molecule has 0 unspecified atom stereocenters. The van der Waals surface area contributed by atoms with Gasteiger partial charge in [-0.15, -0.1) is 0 Å². The second-order valence-corrected chi connectivity index (χ2v) is 5.34. The number of nitrogens with zero attached hydrogens (tertiary/aromatic N) is 1. The number of hydrogen-bond donors (Lipinski definition) is 1. The summed E-state index contributed by atoms with van der Waals surface area (Å²) >= 11 is 1.34. The first-order chi connectivity index (χ1) is 10.2. The number of furan rings is 1. The van der Waals surface area contributed by atoms with Gasteiger partial charge in [0, 0.05) is 10.3 Å². The SMILES string of the molecule is N#Cc1ccc(Sc2ccc(C(=O)O)o2)c2ccccc12. The first kappa shape index (κ1) is 13.3. The largest absolute Gasteiger partial charge is 0.475 e. The van der Waals surface area contributed by atoms with Gasteiger partial charge in [-0.25, -0.2) is 4.79 Å². The van der Waals surface area contributed by atoms with E-state index in [4.69, 9.17) is 14.8 Å². The molecule has 0 amide bonds. The Bertz CT molecular complexity index is 877. The van der Waals surface area contributed by atoms with Gasteiger partial charge in [0.25, 0.3) is 0 Å². The van der Waals surface area contributed by atoms with Crippen LogP contribution in [0.1, 0.15) is 16.1 Å². The Kier molecular flexibility index (Phi) is 3.38. The van der Waals surface area contributed by atoms with Crippen LogP contribution in [0.3, 0.4) is 0 Å². The number of benzene rings is 2. The average molecular weight is 295 g/mol. The first-order valence-electron chi connectivity index (χ1n) is 6.12. The van der Waals surface area contributed by atoms with Crippen molar-refractivity contribution in [2.24, 2.45) is 0 Å². The highest BCUT2D eigenvalue weighted by Crippen LogP contribution is 2.35. The van der Waals surface area contributed by atoms with Gasteiger partial charge < -0.3 is 9.52 Å². The van der Waals surface area contributed by atoms with Gasteiger partial charge in [0.2, 0.25) is 5.76 Å². The van der Waals surface area contributed by atoms with E-state index < -0.39 is 5.97 Å². The number of carboxylic acids is 1. The zero-order valence-corrected chi connectivity index (χ0v) is 11.6. The Morgan fingerprint density at radius 2 is 1.86 bits per heavy atom. The van der Waals surface area contributed by atoms with E-state index in [-0.39, 0.29) is 5.76 Å². The van der Waals surface area contributed by atoms with Gasteiger partial charge in [0.05, 0.1) is 11.6 Å². The first-order valence-corrected chi connectivity index (χ1v) is 6.93. The van der Waals surface area contributed by atoms with E-state index in [0.29, 0.717) is 10.7 Å². The van der Waals surface area contributed by atoms with Crippen LogP contribution >= 0.6 is 11.8 Å². The zero-order valence-electron chi connectivity index (χ0n) is 10.7. The molecule has 0 aliphatic rings. The van der Waals surface area contributed by atoms with Gasteiger partial charge in [0.15, 0.2) is 5.09 Å². The zero-order chi connectivity index (χ0) is 14.8. The van der Waals surface area contributed by atoms with Gasteiger partial charge in [-0.2, -0.15) is 5.26 Å². The minimum atomic E-state index is -1.09. The third-order valence-corrected chi connectivity index (χ3v) is 4.00. The number of rotatable bonds is 3. The fourth-order valence-electron chi connectivity index (χ4n) is 2.06. The fourth-order valence-corrected chi connectivity index (χ4v) is 2.96. The molecular formula is C16H9NO3S. The number of carbonyl (C=O) groups is 1. The Labute approximate surface area is 124 Å². The fraction of sp³-hybridized carbons (Fsp3) is 0. The normalized spacial score (nSPS) is 10.4. The summed E-state index contributed by atoms with van der Waals surface area (Å²) in [5.74, 6) is -1.18. The van der Waals surface area contributed by atoms with Crippen molar-refractivity contribution in [1.29, 1.82) is 5.26 Å². The maximum atomic E-state index is 10.8. The number of aromatic carboxylic acids is 1. The number of hydrogen-bond acceptors (Lipinski definition) is 4. The van der Waals surface area contributed by atoms with Crippen molar-refractivity contribution in [2.45, 2.75) is 9.99 Å². The van der Waals surface area contributed by atoms with Crippen molar-refractivity contribution in [3.8, 4) is 6.07 Å². The minimum absolute atomic E-state index is 0.0875. The summed E-state index contributed by atoms with van der Waals surface area (Å²) in [5, 5.41) is 20.3. The van der Waals surface area contributed by atoms with Crippen LogP contribution in [0.25, 0.3) is 10.8 Å². The lowest BCUT2D eigenvalue weighted by atomic mass is 10.1. The number of fused-ring (bicyclic) bond motifs is 1. The second-order valence-electron chi connectivity index (χ2n) is 4.29. The second kappa shape index (κ2) is 5.35. The van der Waals surface area contributed by atoms with Crippen molar-refractivity contribution in [2.75, 3.05) is 0 Å². The molecule has 0 saturated heterocycles. The summed E-state index contributed by atoms with van der Waals surface area (Å²) in [4.78, 5) is 11.7. The molecule has 0 aliphatic carbocycles. The lowest BCUT2D eigenvalue weighted by Gasteiger charge is -2.05. The predicted octanol–water partition coefficient (Wildman–Crippen LogP) is 4.15. The van der Waals surface area contributed by atoms with Crippen molar-refractivity contribution in [3.05, 3.63) is 59.9 Å². The van der Waals surface area contributed by atoms with Gasteiger partial charge in [-0.3, -0.25) is 0 Å². The Morgan fingerprint density at radius 1 is 1.10 bits per heavy atom. The molecule has 0 spiro atoms. The van der Waals surface area contributed by atoms with Crippen LogP contribution in [-0.2, 0) is 0 Å². The summed E-state index contributed by atoms with van der Waals surface area (Å²) in [6.07, 6.45) is 0. The topological polar surface area (TPSA) is 74.2 Å². The van der Waals surface area contributed by atoms with Gasteiger partial charge >= 0.3 is 5.97 Å². The number of nitriles is 1. The quantitative estimate of drug-likeness (QED) is 0.785. The average Bonchev–Trinajstić information content (AvgIpc) is 2.96. The maximum Gasteiger partial charge on any atom is 0.371 e. The van der Waals surface area contributed by atoms with Gasteiger partial charge in [0.1, 0.15) is 0 Å². The molecule has 3 aromatic rings. The van der Waals surface area contributed by atoms with E-state index >= 15 is 0 Å². The summed E-state index contributed by atoms with van der Waals surface area (Å²) in [6.45, 7) is 0. The molecule has 0 fully saturated rings. The van der Waals surface area contributed by atoms with Gasteiger partial charge in [-0.1, -0.05) is 36.0 Å². The smallest absolute Gasteiger partial charge is 0.371 e. The molecule has 4 nitrogen and oxygen atoms in total. The molecule has 21 heavy (non-hydrogen) atoms. The highest BCUT2D eigenvalue weighted by atomic mass is 32.2. The monoisotopic (exact) mass is 295 g/mol. The lowest BCUT2D eigenvalue weighted by molar-refractivity contribution is 0.0656. The molecule has 0 aliphatic heterocycles. The highest BCUT2D eigenvalue weighted by Gasteiger charge is 2.12. The van der Waals surface area contributed by atoms with Crippen LogP contribution in [0, 0.1) is 11.3 Å². The molecule has 3 rings (SSSR count). The van der Waals surface area contributed by atoms with Crippen LogP contribution in [0.15, 0.2) is 62.9 Å². The standard InChI is InChI=1S/C16H9NO3S/c17-9-10-5-7-14(12-4-2-1-3-11(10)12)21-15-8-6-13(20-15)16(18)19/h1-8H,(H,18,19). The van der Waals surface area contributed by atoms with Crippen molar-refractivity contribution in [1.82, 2.24) is 0 Å². The molecule has 0 saturated carbocycles. The highest BCUT2D eigenvalue weighted by molar-refractivity contribution is 7.99. The summed E-state index contributed by atoms with van der Waals surface area (Å²) in [6, 6.07) is 16.4. The minimum Gasteiger partial charge on any atom is -0.475 e. The molecule has 5 heteroatoms. The van der Waals surface area contributed by atoms with Crippen molar-refractivity contribution < 1.29 is 14.3 Å². The molecule has 1 N–H and O–H groups in total. The van der Waals surface area contributed by atoms with E-state index in [1.54, 1.807) is 12.1 Å². The van der Waals surface area contributed by atoms with Crippen molar-refractivity contribution >= 4 is 28.5 Å². The van der Waals surface area contributed by atoms with E-state index in [0.717, 1.165) is 15.7 Å². The van der Waals surface area contributed by atoms with Crippen LogP contribution in [0.5, 0.6) is 0 Å². The number of carboxylic acid groups (broad SMARTS) is 1. The molecule has 0 bridgehead atoms. The maximum absolute atomic E-state index is 10.8. The molecular weight excluding hydrogens is 286 g/mol. The van der Waals surface area contributed by atoms with Gasteiger partial charge in [-0.05, 0) is 29.7 Å². The molecule has 0 atom stereocenters. The molecule has 1 heterocycles. The van der Waals surface area contributed by atoms with Crippen LogP contribution < -0.4 is 0 Å². The lowest BCUT2D eigenvalue weighted by Crippen LogP contribution is -1.91. The van der Waals surface area contributed by atoms with Crippen LogP contribution in [0.2, 0.25) is 0 Å². The Hall–Kier alpha value is -2.71.